The van der Waals surface area contributed by atoms with Gasteiger partial charge in [0.05, 0.1) is 19.8 Å². The van der Waals surface area contributed by atoms with Gasteiger partial charge in [0.15, 0.2) is 5.82 Å². The highest BCUT2D eigenvalue weighted by molar-refractivity contribution is 5.91. The molecule has 2 N–H and O–H groups in total. The molecule has 0 bridgehead atoms. The van der Waals surface area contributed by atoms with Crippen molar-refractivity contribution in [1.29, 1.82) is 0 Å². The number of anilines is 1. The van der Waals surface area contributed by atoms with E-state index in [9.17, 15) is 9.90 Å². The number of hydrogen-bond acceptors (Lipinski definition) is 5. The summed E-state index contributed by atoms with van der Waals surface area (Å²) >= 11 is 0. The fourth-order valence-electron chi connectivity index (χ4n) is 3.38. The lowest BCUT2D eigenvalue weighted by molar-refractivity contribution is -0.138. The summed E-state index contributed by atoms with van der Waals surface area (Å²) in [6, 6.07) is 9.96. The molecule has 7 heteroatoms. The summed E-state index contributed by atoms with van der Waals surface area (Å²) in [6.45, 7) is 3.86. The molecule has 3 rings (SSSR count). The van der Waals surface area contributed by atoms with Gasteiger partial charge in [0.1, 0.15) is 5.60 Å². The van der Waals surface area contributed by atoms with E-state index in [1.54, 1.807) is 24.0 Å². The van der Waals surface area contributed by atoms with Gasteiger partial charge in [-0.05, 0) is 12.5 Å². The minimum Gasteiger partial charge on any atom is -0.393 e. The highest BCUT2D eigenvalue weighted by Gasteiger charge is 2.37. The minimum atomic E-state index is -0.683. The van der Waals surface area contributed by atoms with Crippen LogP contribution in [0.25, 0.3) is 0 Å². The Labute approximate surface area is 153 Å². The molecule has 2 heterocycles. The van der Waals surface area contributed by atoms with Crippen LogP contribution in [0.5, 0.6) is 0 Å². The molecular formula is C19H26N4O3. The molecule has 0 saturated carbocycles. The number of ether oxygens (including phenoxy) is 1. The van der Waals surface area contributed by atoms with E-state index in [0.717, 1.165) is 5.56 Å². The maximum Gasteiger partial charge on any atom is 0.239 e. The SMILES string of the molecule is Cc1cccc(C[C@@]2(CO)CN(CC(=O)Nc3ccn(C)n3)CCO2)c1. The molecule has 2 aromatic rings. The number of aliphatic hydroxyl groups excluding tert-OH is 1. The number of hydrogen-bond donors (Lipinski definition) is 2. The quantitative estimate of drug-likeness (QED) is 0.805. The van der Waals surface area contributed by atoms with Gasteiger partial charge >= 0.3 is 0 Å². The number of nitrogens with zero attached hydrogens (tertiary/aromatic N) is 3. The number of carbonyl (C=O) groups is 1. The van der Waals surface area contributed by atoms with E-state index in [2.05, 4.69) is 16.5 Å². The van der Waals surface area contributed by atoms with Crippen molar-refractivity contribution in [2.24, 2.45) is 7.05 Å². The summed E-state index contributed by atoms with van der Waals surface area (Å²) in [7, 11) is 1.80. The van der Waals surface area contributed by atoms with E-state index in [1.165, 1.54) is 5.56 Å². The first-order chi connectivity index (χ1) is 12.5. The van der Waals surface area contributed by atoms with Crippen LogP contribution >= 0.6 is 0 Å². The van der Waals surface area contributed by atoms with Gasteiger partial charge in [0, 0.05) is 38.8 Å². The average molecular weight is 358 g/mol. The number of benzene rings is 1. The van der Waals surface area contributed by atoms with Crippen LogP contribution in [0.1, 0.15) is 11.1 Å². The number of aliphatic hydroxyl groups is 1. The molecule has 140 valence electrons. The van der Waals surface area contributed by atoms with Gasteiger partial charge in [-0.2, -0.15) is 5.10 Å². The first kappa shape index (κ1) is 18.6. The molecule has 1 aromatic carbocycles. The third-order valence-corrected chi connectivity index (χ3v) is 4.57. The lowest BCUT2D eigenvalue weighted by atomic mass is 9.92. The molecule has 7 nitrogen and oxygen atoms in total. The van der Waals surface area contributed by atoms with Crippen molar-refractivity contribution in [3.8, 4) is 0 Å². The van der Waals surface area contributed by atoms with Crippen molar-refractivity contribution in [3.63, 3.8) is 0 Å². The van der Waals surface area contributed by atoms with Gasteiger partial charge in [-0.25, -0.2) is 0 Å². The Kier molecular flexibility index (Phi) is 5.70. The molecule has 1 atom stereocenters. The van der Waals surface area contributed by atoms with Crippen LogP contribution in [0.3, 0.4) is 0 Å². The molecular weight excluding hydrogens is 332 g/mol. The molecule has 1 fully saturated rings. The van der Waals surface area contributed by atoms with Gasteiger partial charge in [-0.15, -0.1) is 0 Å². The lowest BCUT2D eigenvalue weighted by Gasteiger charge is -2.41. The summed E-state index contributed by atoms with van der Waals surface area (Å²) in [5, 5.41) is 16.9. The maximum absolute atomic E-state index is 12.3. The third kappa shape index (κ3) is 4.69. The van der Waals surface area contributed by atoms with Crippen LogP contribution in [-0.4, -0.2) is 64.1 Å². The van der Waals surface area contributed by atoms with E-state index in [1.807, 2.05) is 30.0 Å². The second-order valence-electron chi connectivity index (χ2n) is 6.99. The predicted octanol–water partition coefficient (Wildman–Crippen LogP) is 0.973. The number of morpholine rings is 1. The molecule has 1 aromatic heterocycles. The molecule has 1 aliphatic rings. The Hall–Kier alpha value is -2.22. The first-order valence-electron chi connectivity index (χ1n) is 8.80. The summed E-state index contributed by atoms with van der Waals surface area (Å²) in [6.07, 6.45) is 2.40. The van der Waals surface area contributed by atoms with Gasteiger partial charge in [0.2, 0.25) is 5.91 Å². The molecule has 0 aliphatic carbocycles. The Bertz CT molecular complexity index is 761. The summed E-state index contributed by atoms with van der Waals surface area (Å²) < 4.78 is 7.59. The Morgan fingerprint density at radius 2 is 2.27 bits per heavy atom. The average Bonchev–Trinajstić information content (AvgIpc) is 2.99. The zero-order valence-electron chi connectivity index (χ0n) is 15.3. The van der Waals surface area contributed by atoms with Crippen LogP contribution in [0.15, 0.2) is 36.5 Å². The second-order valence-corrected chi connectivity index (χ2v) is 6.99. The van der Waals surface area contributed by atoms with Crippen molar-refractivity contribution in [2.45, 2.75) is 18.9 Å². The van der Waals surface area contributed by atoms with Gasteiger partial charge in [-0.3, -0.25) is 14.4 Å². The van der Waals surface area contributed by atoms with Crippen LogP contribution < -0.4 is 5.32 Å². The van der Waals surface area contributed by atoms with Crippen LogP contribution in [0, 0.1) is 6.92 Å². The van der Waals surface area contributed by atoms with Gasteiger partial charge in [0.25, 0.3) is 0 Å². The zero-order valence-corrected chi connectivity index (χ0v) is 15.3. The van der Waals surface area contributed by atoms with E-state index >= 15 is 0 Å². The number of nitrogens with one attached hydrogen (secondary N) is 1. The van der Waals surface area contributed by atoms with Crippen LogP contribution in [0.2, 0.25) is 0 Å². The fourth-order valence-corrected chi connectivity index (χ4v) is 3.38. The summed E-state index contributed by atoms with van der Waals surface area (Å²) in [5.74, 6) is 0.423. The van der Waals surface area contributed by atoms with Gasteiger partial charge in [-0.1, -0.05) is 29.8 Å². The number of aryl methyl sites for hydroxylation is 2. The van der Waals surface area contributed by atoms with Crippen molar-refractivity contribution in [2.75, 3.05) is 38.2 Å². The molecule has 0 unspecified atom stereocenters. The smallest absolute Gasteiger partial charge is 0.239 e. The van der Waals surface area contributed by atoms with E-state index in [0.29, 0.717) is 31.9 Å². The Morgan fingerprint density at radius 3 is 2.96 bits per heavy atom. The number of amides is 1. The lowest BCUT2D eigenvalue weighted by Crippen LogP contribution is -2.56. The zero-order chi connectivity index (χ0) is 18.6. The van der Waals surface area contributed by atoms with E-state index in [4.69, 9.17) is 4.74 Å². The second kappa shape index (κ2) is 7.99. The van der Waals surface area contributed by atoms with Gasteiger partial charge < -0.3 is 15.2 Å². The molecule has 26 heavy (non-hydrogen) atoms. The number of aromatic nitrogens is 2. The molecule has 0 radical (unpaired) electrons. The van der Waals surface area contributed by atoms with Crippen LogP contribution in [-0.2, 0) is 23.0 Å². The molecule has 0 spiro atoms. The van der Waals surface area contributed by atoms with Crippen molar-refractivity contribution in [3.05, 3.63) is 47.7 Å². The number of carbonyl (C=O) groups excluding carboxylic acids is 1. The summed E-state index contributed by atoms with van der Waals surface area (Å²) in [4.78, 5) is 14.3. The predicted molar refractivity (Wildman–Crippen MR) is 98.9 cm³/mol. The highest BCUT2D eigenvalue weighted by atomic mass is 16.5. The highest BCUT2D eigenvalue weighted by Crippen LogP contribution is 2.23. The fraction of sp³-hybridized carbons (Fsp3) is 0.474. The maximum atomic E-state index is 12.3. The first-order valence-corrected chi connectivity index (χ1v) is 8.80. The van der Waals surface area contributed by atoms with Crippen molar-refractivity contribution < 1.29 is 14.6 Å². The minimum absolute atomic E-state index is 0.0840. The van der Waals surface area contributed by atoms with E-state index in [-0.39, 0.29) is 19.1 Å². The van der Waals surface area contributed by atoms with E-state index < -0.39 is 5.60 Å². The molecule has 1 saturated heterocycles. The third-order valence-electron chi connectivity index (χ3n) is 4.57. The largest absolute Gasteiger partial charge is 0.393 e. The van der Waals surface area contributed by atoms with Crippen LogP contribution in [0.4, 0.5) is 5.82 Å². The Morgan fingerprint density at radius 1 is 1.42 bits per heavy atom. The monoisotopic (exact) mass is 358 g/mol. The topological polar surface area (TPSA) is 79.6 Å². The normalized spacial score (nSPS) is 20.9. The Balaban J connectivity index is 1.62. The molecule has 1 aliphatic heterocycles. The standard InChI is InChI=1S/C19H26N4O3/c1-15-4-3-5-16(10-15)11-19(14-24)13-23(8-9-26-19)12-18(25)20-17-6-7-22(2)21-17/h3-7,10,24H,8-9,11-14H2,1-2H3,(H,20,21,25)/t19-/m0/s1. The van der Waals surface area contributed by atoms with Crippen molar-refractivity contribution >= 4 is 11.7 Å². The molecule has 1 amide bonds. The number of rotatable bonds is 6. The summed E-state index contributed by atoms with van der Waals surface area (Å²) in [5.41, 5.74) is 1.62. The van der Waals surface area contributed by atoms with Crippen molar-refractivity contribution in [1.82, 2.24) is 14.7 Å².